The van der Waals surface area contributed by atoms with Crippen LogP contribution in [0.2, 0.25) is 0 Å². The fraction of sp³-hybridized carbons (Fsp3) is 0.897. The molecule has 0 unspecified atom stereocenters. The third-order valence-electron chi connectivity index (χ3n) is 9.32. The quantitative estimate of drug-likeness (QED) is 0.0397. The summed E-state index contributed by atoms with van der Waals surface area (Å²) in [5.74, 6) is 0.562. The lowest BCUT2D eigenvalue weighted by Gasteiger charge is -2.46. The lowest BCUT2D eigenvalue weighted by Crippen LogP contribution is -2.67. The molecule has 3 aliphatic heterocycles. The number of carbonyl (C=O) groups excluding carboxylic acids is 1. The average molecular weight is 740 g/mol. The highest BCUT2D eigenvalue weighted by atomic mass is 16.8. The van der Waals surface area contributed by atoms with E-state index in [1.54, 1.807) is 0 Å². The molecule has 2 saturated heterocycles. The van der Waals surface area contributed by atoms with Gasteiger partial charge in [-0.05, 0) is 38.4 Å². The first kappa shape index (κ1) is 41.8. The van der Waals surface area contributed by atoms with Gasteiger partial charge in [0.2, 0.25) is 6.29 Å². The summed E-state index contributed by atoms with van der Waals surface area (Å²) in [6.45, 7) is 0.477. The largest absolute Gasteiger partial charge is 0.467 e. The van der Waals surface area contributed by atoms with E-state index in [-0.39, 0.29) is 26.1 Å². The summed E-state index contributed by atoms with van der Waals surface area (Å²) in [5.41, 5.74) is 35.6. The number of ether oxygens (including phenoxy) is 6. The SMILES string of the molecule is NCCCNCC1=CC[C@@H](N)[C@@H](O[C@H]2[C@H](O[C@@H]3O[C@H](CO)[C@@H](O[C@H]4O[C@@H](CN)[C@@H](O)[C@H](O)[C@H]4N)[C@H]3O)[C@@H](O)[C@H](NC(=O)N(O)CCN)C[C@@H]2N)O1. The van der Waals surface area contributed by atoms with E-state index in [9.17, 15) is 35.5 Å². The van der Waals surface area contributed by atoms with Crippen molar-refractivity contribution in [2.75, 3.05) is 45.9 Å². The normalized spacial score (nSPS) is 41.5. The molecule has 0 bridgehead atoms. The van der Waals surface area contributed by atoms with Crippen LogP contribution in [-0.2, 0) is 28.4 Å². The zero-order valence-electron chi connectivity index (χ0n) is 28.3. The Balaban J connectivity index is 1.53. The molecule has 3 fully saturated rings. The van der Waals surface area contributed by atoms with Gasteiger partial charge in [-0.3, -0.25) is 5.21 Å². The van der Waals surface area contributed by atoms with Crippen LogP contribution >= 0.6 is 0 Å². The second-order valence-electron chi connectivity index (χ2n) is 13.1. The van der Waals surface area contributed by atoms with E-state index in [1.807, 2.05) is 6.08 Å². The Hall–Kier alpha value is -1.91. The summed E-state index contributed by atoms with van der Waals surface area (Å²) in [7, 11) is 0. The van der Waals surface area contributed by atoms with Crippen LogP contribution in [0, 0.1) is 0 Å². The lowest BCUT2D eigenvalue weighted by atomic mass is 9.83. The molecule has 296 valence electrons. The van der Waals surface area contributed by atoms with Crippen LogP contribution < -0.4 is 45.0 Å². The number of aliphatic hydroxyl groups excluding tert-OH is 5. The zero-order chi connectivity index (χ0) is 37.4. The lowest BCUT2D eigenvalue weighted by molar-refractivity contribution is -0.282. The highest BCUT2D eigenvalue weighted by Gasteiger charge is 2.54. The Labute approximate surface area is 295 Å². The summed E-state index contributed by atoms with van der Waals surface area (Å²) in [4.78, 5) is 12.6. The summed E-state index contributed by atoms with van der Waals surface area (Å²) in [5, 5.41) is 69.9. The van der Waals surface area contributed by atoms with Crippen molar-refractivity contribution in [1.29, 1.82) is 0 Å². The molecule has 4 aliphatic rings. The minimum absolute atomic E-state index is 0.0334. The van der Waals surface area contributed by atoms with Crippen molar-refractivity contribution >= 4 is 6.03 Å². The first-order valence-electron chi connectivity index (χ1n) is 17.2. The van der Waals surface area contributed by atoms with Crippen molar-refractivity contribution in [1.82, 2.24) is 15.7 Å². The number of nitrogens with two attached hydrogens (primary N) is 6. The van der Waals surface area contributed by atoms with E-state index < -0.39 is 111 Å². The van der Waals surface area contributed by atoms with Crippen LogP contribution in [0.15, 0.2) is 11.8 Å². The molecule has 4 rings (SSSR count). The van der Waals surface area contributed by atoms with Gasteiger partial charge < -0.3 is 99.0 Å². The van der Waals surface area contributed by atoms with Crippen LogP contribution in [0.4, 0.5) is 4.79 Å². The molecular formula is C29H57N9O13. The van der Waals surface area contributed by atoms with Crippen LogP contribution in [0.25, 0.3) is 0 Å². The second kappa shape index (κ2) is 19.4. The van der Waals surface area contributed by atoms with Gasteiger partial charge >= 0.3 is 6.03 Å². The van der Waals surface area contributed by atoms with Gasteiger partial charge in [0.05, 0.1) is 37.8 Å². The molecule has 16 atom stereocenters. The third kappa shape index (κ3) is 10.2. The molecule has 0 radical (unpaired) electrons. The highest BCUT2D eigenvalue weighted by molar-refractivity contribution is 5.73. The Morgan fingerprint density at radius 3 is 2.22 bits per heavy atom. The maximum atomic E-state index is 12.6. The monoisotopic (exact) mass is 739 g/mol. The Bertz CT molecular complexity index is 1120. The Morgan fingerprint density at radius 1 is 0.863 bits per heavy atom. The molecule has 20 N–H and O–H groups in total. The number of nitrogens with one attached hydrogen (secondary N) is 2. The van der Waals surface area contributed by atoms with Crippen molar-refractivity contribution in [2.24, 2.45) is 34.4 Å². The number of hydroxylamine groups is 2. The molecule has 22 heteroatoms. The second-order valence-corrected chi connectivity index (χ2v) is 13.1. The molecule has 51 heavy (non-hydrogen) atoms. The molecule has 3 heterocycles. The van der Waals surface area contributed by atoms with Gasteiger partial charge in [-0.15, -0.1) is 0 Å². The number of urea groups is 1. The van der Waals surface area contributed by atoms with E-state index in [0.29, 0.717) is 36.9 Å². The van der Waals surface area contributed by atoms with Crippen molar-refractivity contribution in [3.8, 4) is 0 Å². The van der Waals surface area contributed by atoms with Gasteiger partial charge in [-0.1, -0.05) is 0 Å². The molecular weight excluding hydrogens is 682 g/mol. The summed E-state index contributed by atoms with van der Waals surface area (Å²) in [6, 6.07) is -4.90. The number of nitrogens with zero attached hydrogens (tertiary/aromatic N) is 1. The summed E-state index contributed by atoms with van der Waals surface area (Å²) >= 11 is 0. The average Bonchev–Trinajstić information content (AvgIpc) is 3.41. The minimum Gasteiger partial charge on any atom is -0.467 e. The van der Waals surface area contributed by atoms with E-state index in [0.717, 1.165) is 6.42 Å². The molecule has 0 aromatic rings. The number of hydrogen-bond acceptors (Lipinski definition) is 20. The van der Waals surface area contributed by atoms with Crippen LogP contribution in [0.3, 0.4) is 0 Å². The van der Waals surface area contributed by atoms with Crippen molar-refractivity contribution in [3.63, 3.8) is 0 Å². The fourth-order valence-corrected chi connectivity index (χ4v) is 6.38. The summed E-state index contributed by atoms with van der Waals surface area (Å²) in [6.07, 6.45) is -13.4. The molecule has 0 aromatic carbocycles. The van der Waals surface area contributed by atoms with Gasteiger partial charge in [0.15, 0.2) is 12.6 Å². The van der Waals surface area contributed by atoms with E-state index in [1.165, 1.54) is 0 Å². The van der Waals surface area contributed by atoms with Gasteiger partial charge in [-0.2, -0.15) is 0 Å². The standard InChI is InChI=1S/C29H57N9O13/c30-4-1-6-36-10-12-2-3-13(33)26(46-12)49-23-14(34)8-15(37-29(44)38(45)7-5-31)19(40)25(23)51-28-22(43)24(17(11-39)48-28)50-27-18(35)21(42)20(41)16(9-32)47-27/h2,13-28,36,39-43,45H,1,3-11,30-35H2,(H,37,44)/t13-,14+,15-,16+,17-,18-,19+,20-,21-,22-,23-,24-,25-,26-,27-,28+/m1/s1. The third-order valence-corrected chi connectivity index (χ3v) is 9.32. The number of aliphatic hydroxyl groups is 5. The first-order valence-corrected chi connectivity index (χ1v) is 17.2. The Morgan fingerprint density at radius 2 is 1.55 bits per heavy atom. The smallest absolute Gasteiger partial charge is 0.341 e. The topological polar surface area (TPSA) is 377 Å². The van der Waals surface area contributed by atoms with Gasteiger partial charge in [0.25, 0.3) is 0 Å². The van der Waals surface area contributed by atoms with E-state index in [4.69, 9.17) is 62.8 Å². The number of rotatable bonds is 16. The highest BCUT2D eigenvalue weighted by Crippen LogP contribution is 2.34. The molecule has 22 nitrogen and oxygen atoms in total. The fourth-order valence-electron chi connectivity index (χ4n) is 6.38. The predicted octanol–water partition coefficient (Wildman–Crippen LogP) is -7.33. The molecule has 2 amide bonds. The predicted molar refractivity (Wildman–Crippen MR) is 175 cm³/mol. The number of amides is 2. The number of hydrogen-bond donors (Lipinski definition) is 14. The van der Waals surface area contributed by atoms with Crippen molar-refractivity contribution < 1.29 is 64.0 Å². The van der Waals surface area contributed by atoms with Gasteiger partial charge in [-0.25, -0.2) is 9.86 Å². The molecule has 0 spiro atoms. The van der Waals surface area contributed by atoms with E-state index >= 15 is 0 Å². The van der Waals surface area contributed by atoms with Crippen LogP contribution in [-0.4, -0.2) is 186 Å². The number of carbonyl (C=O) groups is 1. The van der Waals surface area contributed by atoms with Crippen LogP contribution in [0.5, 0.6) is 0 Å². The Kier molecular flexibility index (Phi) is 15.9. The van der Waals surface area contributed by atoms with Crippen molar-refractivity contribution in [3.05, 3.63) is 11.8 Å². The summed E-state index contributed by atoms with van der Waals surface area (Å²) < 4.78 is 35.8. The molecule has 1 saturated carbocycles. The maximum Gasteiger partial charge on any atom is 0.341 e. The maximum absolute atomic E-state index is 12.6. The van der Waals surface area contributed by atoms with Gasteiger partial charge in [0, 0.05) is 19.1 Å². The van der Waals surface area contributed by atoms with E-state index in [2.05, 4.69) is 10.6 Å². The first-order chi connectivity index (χ1) is 24.3. The van der Waals surface area contributed by atoms with Gasteiger partial charge in [0.1, 0.15) is 60.7 Å². The molecule has 1 aliphatic carbocycles. The van der Waals surface area contributed by atoms with Crippen molar-refractivity contribution in [2.45, 2.75) is 117 Å². The zero-order valence-corrected chi connectivity index (χ0v) is 28.3. The van der Waals surface area contributed by atoms with Crippen LogP contribution in [0.1, 0.15) is 19.3 Å². The minimum atomic E-state index is -1.66. The molecule has 0 aromatic heterocycles.